The van der Waals surface area contributed by atoms with Crippen LogP contribution in [0.3, 0.4) is 0 Å². The second-order valence-corrected chi connectivity index (χ2v) is 8.11. The topological polar surface area (TPSA) is 95.9 Å². The molecule has 1 fully saturated rings. The van der Waals surface area contributed by atoms with Crippen molar-refractivity contribution in [1.82, 2.24) is 9.62 Å². The van der Waals surface area contributed by atoms with Crippen LogP contribution >= 0.6 is 0 Å². The van der Waals surface area contributed by atoms with Crippen LogP contribution in [0, 0.1) is 0 Å². The van der Waals surface area contributed by atoms with Gasteiger partial charge in [0.05, 0.1) is 6.61 Å². The van der Waals surface area contributed by atoms with Crippen LogP contribution in [-0.4, -0.2) is 61.9 Å². The summed E-state index contributed by atoms with van der Waals surface area (Å²) in [6, 6.07) is 9.15. The van der Waals surface area contributed by atoms with Crippen molar-refractivity contribution in [2.45, 2.75) is 24.1 Å². The van der Waals surface area contributed by atoms with Crippen LogP contribution in [0.4, 0.5) is 0 Å². The van der Waals surface area contributed by atoms with Crippen LogP contribution in [-0.2, 0) is 26.1 Å². The molecule has 8 heteroatoms. The van der Waals surface area contributed by atoms with Crippen molar-refractivity contribution in [2.24, 2.45) is 0 Å². The molecular formula is C16H24N2O5S. The molecule has 0 amide bonds. The van der Waals surface area contributed by atoms with Crippen LogP contribution in [0.25, 0.3) is 0 Å². The van der Waals surface area contributed by atoms with E-state index in [2.05, 4.69) is 5.32 Å². The van der Waals surface area contributed by atoms with E-state index in [-0.39, 0.29) is 32.5 Å². The van der Waals surface area contributed by atoms with Crippen molar-refractivity contribution in [1.29, 1.82) is 0 Å². The fraction of sp³-hybridized carbons (Fsp3) is 0.562. The number of carboxylic acids is 1. The van der Waals surface area contributed by atoms with E-state index in [1.807, 2.05) is 30.3 Å². The van der Waals surface area contributed by atoms with Gasteiger partial charge in [0.15, 0.2) is 4.75 Å². The fourth-order valence-corrected chi connectivity index (χ4v) is 4.99. The zero-order valence-corrected chi connectivity index (χ0v) is 14.6. The number of nitrogens with zero attached hydrogens (tertiary/aromatic N) is 1. The van der Waals surface area contributed by atoms with Crippen LogP contribution in [0.1, 0.15) is 18.4 Å². The van der Waals surface area contributed by atoms with E-state index in [0.717, 1.165) is 5.56 Å². The molecule has 1 aromatic rings. The maximum absolute atomic E-state index is 13.2. The average molecular weight is 356 g/mol. The molecule has 1 heterocycles. The summed E-state index contributed by atoms with van der Waals surface area (Å²) in [4.78, 5) is 11.9. The highest BCUT2D eigenvalue weighted by molar-refractivity contribution is 7.91. The van der Waals surface area contributed by atoms with Gasteiger partial charge in [-0.05, 0) is 31.5 Å². The predicted octanol–water partition coefficient (Wildman–Crippen LogP) is 0.672. The third kappa shape index (κ3) is 3.77. The van der Waals surface area contributed by atoms with E-state index in [4.69, 9.17) is 4.74 Å². The molecule has 0 saturated carbocycles. The smallest absolute Gasteiger partial charge is 0.326 e. The van der Waals surface area contributed by atoms with E-state index in [1.165, 1.54) is 11.4 Å². The van der Waals surface area contributed by atoms with Gasteiger partial charge in [-0.2, -0.15) is 4.31 Å². The van der Waals surface area contributed by atoms with Crippen molar-refractivity contribution < 1.29 is 23.1 Å². The Kier molecular flexibility index (Phi) is 6.34. The standard InChI is InChI=1S/C16H24N2O5S/c1-23-12-11-18(13-14-5-3-2-4-6-14)24(21,22)16(15(19)20)7-9-17-10-8-16/h2-6,17H,7-13H2,1H3,(H,19,20). The van der Waals surface area contributed by atoms with Gasteiger partial charge in [0.2, 0.25) is 10.0 Å². The number of carbonyl (C=O) groups is 1. The molecule has 0 radical (unpaired) electrons. The first-order valence-corrected chi connectivity index (χ1v) is 9.35. The Balaban J connectivity index is 2.36. The lowest BCUT2D eigenvalue weighted by Gasteiger charge is -2.37. The first-order valence-electron chi connectivity index (χ1n) is 7.91. The number of aliphatic carboxylic acids is 1. The molecule has 2 N–H and O–H groups in total. The number of benzene rings is 1. The molecule has 1 aromatic carbocycles. The van der Waals surface area contributed by atoms with E-state index in [1.54, 1.807) is 0 Å². The number of rotatable bonds is 8. The maximum Gasteiger partial charge on any atom is 0.326 e. The summed E-state index contributed by atoms with van der Waals surface area (Å²) in [5.41, 5.74) is 0.812. The molecule has 0 aromatic heterocycles. The lowest BCUT2D eigenvalue weighted by Crippen LogP contribution is -2.58. The normalized spacial score (nSPS) is 17.8. The number of carboxylic acid groups (broad SMARTS) is 1. The summed E-state index contributed by atoms with van der Waals surface area (Å²) in [6.45, 7) is 1.20. The van der Waals surface area contributed by atoms with Gasteiger partial charge in [0.25, 0.3) is 0 Å². The molecule has 1 saturated heterocycles. The van der Waals surface area contributed by atoms with E-state index < -0.39 is 20.7 Å². The van der Waals surface area contributed by atoms with E-state index in [0.29, 0.717) is 13.1 Å². The number of ether oxygens (including phenoxy) is 1. The zero-order valence-electron chi connectivity index (χ0n) is 13.8. The highest BCUT2D eigenvalue weighted by atomic mass is 32.2. The Morgan fingerprint density at radius 2 is 1.92 bits per heavy atom. The number of piperidine rings is 1. The summed E-state index contributed by atoms with van der Waals surface area (Å²) in [6.07, 6.45) is 0.117. The minimum atomic E-state index is -4.04. The third-order valence-electron chi connectivity index (χ3n) is 4.38. The van der Waals surface area contributed by atoms with Gasteiger partial charge >= 0.3 is 5.97 Å². The molecule has 1 aliphatic rings. The van der Waals surface area contributed by atoms with Crippen molar-refractivity contribution >= 4 is 16.0 Å². The molecule has 0 aliphatic carbocycles. The predicted molar refractivity (Wildman–Crippen MR) is 90.1 cm³/mol. The van der Waals surface area contributed by atoms with Crippen molar-refractivity contribution in [3.63, 3.8) is 0 Å². The van der Waals surface area contributed by atoms with Crippen molar-refractivity contribution in [3.8, 4) is 0 Å². The summed E-state index contributed by atoms with van der Waals surface area (Å²) in [7, 11) is -2.55. The van der Waals surface area contributed by atoms with E-state index in [9.17, 15) is 18.3 Å². The molecule has 0 atom stereocenters. The molecule has 2 rings (SSSR count). The Hall–Kier alpha value is -1.48. The highest BCUT2D eigenvalue weighted by Crippen LogP contribution is 2.32. The first kappa shape index (κ1) is 18.9. The molecule has 1 aliphatic heterocycles. The number of nitrogens with one attached hydrogen (secondary N) is 1. The van der Waals surface area contributed by atoms with Crippen molar-refractivity contribution in [2.75, 3.05) is 33.4 Å². The van der Waals surface area contributed by atoms with E-state index >= 15 is 0 Å². The van der Waals surface area contributed by atoms with Gasteiger partial charge in [0, 0.05) is 20.2 Å². The monoisotopic (exact) mass is 356 g/mol. The highest BCUT2D eigenvalue weighted by Gasteiger charge is 2.54. The second kappa shape index (κ2) is 8.06. The van der Waals surface area contributed by atoms with Crippen molar-refractivity contribution in [3.05, 3.63) is 35.9 Å². The molecule has 0 unspecified atom stereocenters. The van der Waals surface area contributed by atoms with Gasteiger partial charge in [-0.15, -0.1) is 0 Å². The molecule has 0 bridgehead atoms. The SMILES string of the molecule is COCCN(Cc1ccccc1)S(=O)(=O)C1(C(=O)O)CCNCC1. The van der Waals surface area contributed by atoms with Gasteiger partial charge in [-0.1, -0.05) is 30.3 Å². The lowest BCUT2D eigenvalue weighted by molar-refractivity contribution is -0.141. The summed E-state index contributed by atoms with van der Waals surface area (Å²) in [5.74, 6) is -1.28. The van der Waals surface area contributed by atoms with Gasteiger partial charge < -0.3 is 15.2 Å². The fourth-order valence-electron chi connectivity index (χ4n) is 2.92. The van der Waals surface area contributed by atoms with Crippen LogP contribution < -0.4 is 5.32 Å². The Labute approximate surface area is 142 Å². The first-order chi connectivity index (χ1) is 11.4. The molecule has 0 spiro atoms. The second-order valence-electron chi connectivity index (χ2n) is 5.87. The van der Waals surface area contributed by atoms with Gasteiger partial charge in [-0.25, -0.2) is 8.42 Å². The summed E-state index contributed by atoms with van der Waals surface area (Å²) in [5, 5.41) is 12.7. The van der Waals surface area contributed by atoms with Crippen LogP contribution in [0.15, 0.2) is 30.3 Å². The molecule has 134 valence electrons. The Morgan fingerprint density at radius 3 is 2.46 bits per heavy atom. The lowest BCUT2D eigenvalue weighted by atomic mass is 9.97. The average Bonchev–Trinajstić information content (AvgIpc) is 2.59. The Bertz CT molecular complexity index is 642. The minimum absolute atomic E-state index is 0.0585. The number of methoxy groups -OCH3 is 1. The third-order valence-corrected chi connectivity index (χ3v) is 6.94. The molecule has 24 heavy (non-hydrogen) atoms. The molecular weight excluding hydrogens is 332 g/mol. The minimum Gasteiger partial charge on any atom is -0.480 e. The summed E-state index contributed by atoms with van der Waals surface area (Å²) >= 11 is 0. The number of sulfonamides is 1. The number of hydrogen-bond acceptors (Lipinski definition) is 5. The van der Waals surface area contributed by atoms with Crippen LogP contribution in [0.5, 0.6) is 0 Å². The number of hydrogen-bond donors (Lipinski definition) is 2. The van der Waals surface area contributed by atoms with Crippen LogP contribution in [0.2, 0.25) is 0 Å². The maximum atomic E-state index is 13.2. The largest absolute Gasteiger partial charge is 0.480 e. The summed E-state index contributed by atoms with van der Waals surface area (Å²) < 4.78 is 30.9. The van der Waals surface area contributed by atoms with Gasteiger partial charge in [-0.3, -0.25) is 4.79 Å². The Morgan fingerprint density at radius 1 is 1.29 bits per heavy atom. The van der Waals surface area contributed by atoms with Gasteiger partial charge in [0.1, 0.15) is 0 Å². The quantitative estimate of drug-likeness (QED) is 0.711. The zero-order chi connectivity index (χ0) is 17.6. The molecule has 7 nitrogen and oxygen atoms in total.